The molecule has 0 bridgehead atoms. The van der Waals surface area contributed by atoms with Gasteiger partial charge >= 0.3 is 12.1 Å². The highest BCUT2D eigenvalue weighted by Gasteiger charge is 2.21. The largest absolute Gasteiger partial charge is 0.494 e. The van der Waals surface area contributed by atoms with Crippen molar-refractivity contribution in [2.75, 3.05) is 13.2 Å². The van der Waals surface area contributed by atoms with Crippen LogP contribution in [-0.2, 0) is 22.6 Å². The maximum atomic E-state index is 12.0. The molecule has 0 saturated carbocycles. The molecule has 2 rings (SSSR count). The van der Waals surface area contributed by atoms with Gasteiger partial charge in [0.15, 0.2) is 0 Å². The maximum Gasteiger partial charge on any atom is 0.408 e. The number of carboxylic acids is 1. The van der Waals surface area contributed by atoms with Gasteiger partial charge in [-0.05, 0) is 42.6 Å². The first-order valence-electron chi connectivity index (χ1n) is 10.7. The number of carboxylic acid groups (broad SMARTS) is 1. The second-order valence-electron chi connectivity index (χ2n) is 7.35. The van der Waals surface area contributed by atoms with Crippen LogP contribution in [0.2, 0.25) is 0 Å². The van der Waals surface area contributed by atoms with Gasteiger partial charge in [0.2, 0.25) is 0 Å². The molecule has 1 atom stereocenters. The van der Waals surface area contributed by atoms with E-state index >= 15 is 0 Å². The molecular weight excluding hydrogens is 396 g/mol. The van der Waals surface area contributed by atoms with Crippen molar-refractivity contribution in [2.24, 2.45) is 5.73 Å². The second-order valence-corrected chi connectivity index (χ2v) is 7.35. The lowest BCUT2D eigenvalue weighted by Crippen LogP contribution is -2.42. The molecular formula is C24H32N2O5. The van der Waals surface area contributed by atoms with Crippen LogP contribution in [0.5, 0.6) is 5.75 Å². The summed E-state index contributed by atoms with van der Waals surface area (Å²) in [7, 11) is 0. The average molecular weight is 429 g/mol. The maximum absolute atomic E-state index is 12.0. The fourth-order valence-electron chi connectivity index (χ4n) is 3.03. The standard InChI is InChI=1S/C24H32N2O5/c25-15-7-2-1-3-8-16-30-21-13-11-19(12-14-21)17-22(23(27)28)26-24(29)31-18-20-9-5-4-6-10-20/h4-6,9-14,22H,1-3,7-8,15-18,25H2,(H,26,29)(H,27,28)/t22-/m0/s1. The molecule has 4 N–H and O–H groups in total. The summed E-state index contributed by atoms with van der Waals surface area (Å²) in [5, 5.41) is 11.9. The van der Waals surface area contributed by atoms with Crippen molar-refractivity contribution in [3.05, 3.63) is 65.7 Å². The molecule has 0 aromatic heterocycles. The van der Waals surface area contributed by atoms with E-state index in [4.69, 9.17) is 15.2 Å². The molecule has 0 radical (unpaired) electrons. The van der Waals surface area contributed by atoms with Gasteiger partial charge < -0.3 is 25.6 Å². The summed E-state index contributed by atoms with van der Waals surface area (Å²) in [6.07, 6.45) is 4.88. The van der Waals surface area contributed by atoms with Crippen LogP contribution < -0.4 is 15.8 Å². The normalized spacial score (nSPS) is 11.5. The van der Waals surface area contributed by atoms with Crippen LogP contribution >= 0.6 is 0 Å². The van der Waals surface area contributed by atoms with E-state index in [1.165, 1.54) is 0 Å². The summed E-state index contributed by atoms with van der Waals surface area (Å²) >= 11 is 0. The molecule has 7 nitrogen and oxygen atoms in total. The first-order chi connectivity index (χ1) is 15.1. The molecule has 0 heterocycles. The van der Waals surface area contributed by atoms with E-state index in [9.17, 15) is 14.7 Å². The van der Waals surface area contributed by atoms with Crippen LogP contribution in [0.25, 0.3) is 0 Å². The molecule has 168 valence electrons. The lowest BCUT2D eigenvalue weighted by atomic mass is 10.1. The molecule has 0 saturated heterocycles. The monoisotopic (exact) mass is 428 g/mol. The smallest absolute Gasteiger partial charge is 0.408 e. The highest BCUT2D eigenvalue weighted by molar-refractivity contribution is 5.80. The average Bonchev–Trinajstić information content (AvgIpc) is 2.78. The Hall–Kier alpha value is -3.06. The second kappa shape index (κ2) is 14.0. The third-order valence-corrected chi connectivity index (χ3v) is 4.78. The molecule has 0 fully saturated rings. The summed E-state index contributed by atoms with van der Waals surface area (Å²) in [5.41, 5.74) is 7.09. The van der Waals surface area contributed by atoms with Crippen molar-refractivity contribution in [3.8, 4) is 5.75 Å². The molecule has 0 aliphatic rings. The van der Waals surface area contributed by atoms with Gasteiger partial charge in [0.05, 0.1) is 6.61 Å². The third-order valence-electron chi connectivity index (χ3n) is 4.78. The van der Waals surface area contributed by atoms with Crippen LogP contribution in [0.15, 0.2) is 54.6 Å². The molecule has 7 heteroatoms. The Morgan fingerprint density at radius 1 is 0.903 bits per heavy atom. The number of nitrogens with one attached hydrogen (secondary N) is 1. The summed E-state index contributed by atoms with van der Waals surface area (Å²) in [5.74, 6) is -0.376. The van der Waals surface area contributed by atoms with E-state index in [-0.39, 0.29) is 13.0 Å². The van der Waals surface area contributed by atoms with Gasteiger partial charge in [0.25, 0.3) is 0 Å². The van der Waals surface area contributed by atoms with Crippen LogP contribution in [0, 0.1) is 0 Å². The Labute approximate surface area is 183 Å². The molecule has 2 aromatic carbocycles. The van der Waals surface area contributed by atoms with E-state index in [0.29, 0.717) is 6.61 Å². The van der Waals surface area contributed by atoms with Crippen LogP contribution in [-0.4, -0.2) is 36.4 Å². The van der Waals surface area contributed by atoms with Gasteiger partial charge in [-0.25, -0.2) is 9.59 Å². The number of aliphatic carboxylic acids is 1. The SMILES string of the molecule is NCCCCCCCOc1ccc(C[C@H](NC(=O)OCc2ccccc2)C(=O)O)cc1. The van der Waals surface area contributed by atoms with E-state index < -0.39 is 18.1 Å². The zero-order valence-electron chi connectivity index (χ0n) is 17.8. The fraction of sp³-hybridized carbons (Fsp3) is 0.417. The molecule has 0 aliphatic heterocycles. The predicted octanol–water partition coefficient (Wildman–Crippen LogP) is 3.90. The first-order valence-corrected chi connectivity index (χ1v) is 10.7. The molecule has 0 spiro atoms. The van der Waals surface area contributed by atoms with E-state index in [0.717, 1.165) is 55.5 Å². The number of unbranched alkanes of at least 4 members (excludes halogenated alkanes) is 4. The van der Waals surface area contributed by atoms with Gasteiger partial charge in [-0.2, -0.15) is 0 Å². The lowest BCUT2D eigenvalue weighted by Gasteiger charge is -2.15. The van der Waals surface area contributed by atoms with E-state index in [1.54, 1.807) is 0 Å². The van der Waals surface area contributed by atoms with E-state index in [1.807, 2.05) is 54.6 Å². The summed E-state index contributed by atoms with van der Waals surface area (Å²) < 4.78 is 10.8. The Bertz CT molecular complexity index is 780. The van der Waals surface area contributed by atoms with Crippen molar-refractivity contribution in [3.63, 3.8) is 0 Å². The Morgan fingerprint density at radius 2 is 1.58 bits per heavy atom. The van der Waals surface area contributed by atoms with Crippen molar-refractivity contribution >= 4 is 12.1 Å². The predicted molar refractivity (Wildman–Crippen MR) is 119 cm³/mol. The number of carbonyl (C=O) groups is 2. The Kier molecular flexibility index (Phi) is 11.0. The van der Waals surface area contributed by atoms with Crippen LogP contribution in [0.1, 0.15) is 43.2 Å². The quantitative estimate of drug-likeness (QED) is 0.394. The molecule has 2 aromatic rings. The Morgan fingerprint density at radius 3 is 2.26 bits per heavy atom. The number of rotatable bonds is 14. The summed E-state index contributed by atoms with van der Waals surface area (Å²) in [6.45, 7) is 1.47. The zero-order valence-corrected chi connectivity index (χ0v) is 17.8. The van der Waals surface area contributed by atoms with Gasteiger partial charge in [-0.1, -0.05) is 61.7 Å². The third kappa shape index (κ3) is 10.00. The number of carbonyl (C=O) groups excluding carboxylic acids is 1. The topological polar surface area (TPSA) is 111 Å². The molecule has 1 amide bonds. The van der Waals surface area contributed by atoms with Gasteiger partial charge in [0, 0.05) is 6.42 Å². The number of amides is 1. The van der Waals surface area contributed by atoms with Crippen molar-refractivity contribution < 1.29 is 24.2 Å². The minimum atomic E-state index is -1.12. The minimum absolute atomic E-state index is 0.0814. The highest BCUT2D eigenvalue weighted by atomic mass is 16.5. The van der Waals surface area contributed by atoms with Gasteiger partial charge in [-0.15, -0.1) is 0 Å². The zero-order chi connectivity index (χ0) is 22.3. The minimum Gasteiger partial charge on any atom is -0.494 e. The highest BCUT2D eigenvalue weighted by Crippen LogP contribution is 2.15. The van der Waals surface area contributed by atoms with Crippen molar-refractivity contribution in [2.45, 2.75) is 51.2 Å². The molecule has 0 aliphatic carbocycles. The first kappa shape index (κ1) is 24.2. The van der Waals surface area contributed by atoms with Crippen LogP contribution in [0.4, 0.5) is 4.79 Å². The number of ether oxygens (including phenoxy) is 2. The summed E-state index contributed by atoms with van der Waals surface area (Å²) in [6, 6.07) is 15.4. The number of hydrogen-bond acceptors (Lipinski definition) is 5. The number of nitrogens with two attached hydrogens (primary N) is 1. The number of alkyl carbamates (subject to hydrolysis) is 1. The van der Waals surface area contributed by atoms with E-state index in [2.05, 4.69) is 5.32 Å². The molecule has 31 heavy (non-hydrogen) atoms. The van der Waals surface area contributed by atoms with Crippen LogP contribution in [0.3, 0.4) is 0 Å². The summed E-state index contributed by atoms with van der Waals surface area (Å²) in [4.78, 5) is 23.5. The number of benzene rings is 2. The van der Waals surface area contributed by atoms with Gasteiger partial charge in [0.1, 0.15) is 18.4 Å². The molecule has 0 unspecified atom stereocenters. The Balaban J connectivity index is 1.74. The van der Waals surface area contributed by atoms with Gasteiger partial charge in [-0.3, -0.25) is 0 Å². The van der Waals surface area contributed by atoms with Crippen molar-refractivity contribution in [1.29, 1.82) is 0 Å². The number of hydrogen-bond donors (Lipinski definition) is 3. The van der Waals surface area contributed by atoms with Crippen molar-refractivity contribution in [1.82, 2.24) is 5.32 Å². The fourth-order valence-corrected chi connectivity index (χ4v) is 3.03. The lowest BCUT2D eigenvalue weighted by molar-refractivity contribution is -0.139.